The van der Waals surface area contributed by atoms with Crippen molar-refractivity contribution in [1.82, 2.24) is 10.6 Å². The van der Waals surface area contributed by atoms with Gasteiger partial charge in [0.2, 0.25) is 0 Å². The molecule has 1 aliphatic heterocycles. The van der Waals surface area contributed by atoms with Crippen molar-refractivity contribution in [3.05, 3.63) is 46.7 Å². The molecule has 0 bridgehead atoms. The van der Waals surface area contributed by atoms with E-state index in [4.69, 9.17) is 4.74 Å². The molecule has 2 rings (SSSR count). The van der Waals surface area contributed by atoms with Gasteiger partial charge in [-0.25, -0.2) is 9.59 Å². The van der Waals surface area contributed by atoms with Crippen LogP contribution in [0.4, 0.5) is 4.79 Å². The average Bonchev–Trinajstić information content (AvgIpc) is 2.58. The number of rotatable bonds is 6. The molecule has 0 saturated carbocycles. The van der Waals surface area contributed by atoms with Crippen LogP contribution in [0.1, 0.15) is 78.0 Å². The minimum atomic E-state index is -0.508. The number of benzene rings is 1. The number of allylic oxidation sites excluding steroid dienone is 1. The van der Waals surface area contributed by atoms with Crippen molar-refractivity contribution in [2.24, 2.45) is 0 Å². The van der Waals surface area contributed by atoms with E-state index in [0.717, 1.165) is 18.4 Å². The number of carbonyl (C=O) groups is 2. The molecule has 0 saturated heterocycles. The zero-order valence-electron chi connectivity index (χ0n) is 17.3. The molecule has 5 heteroatoms. The fourth-order valence-electron chi connectivity index (χ4n) is 3.11. The Hall–Kier alpha value is -2.30. The Morgan fingerprint density at radius 3 is 2.33 bits per heavy atom. The summed E-state index contributed by atoms with van der Waals surface area (Å²) in [5.41, 5.74) is 3.28. The third-order valence-electron chi connectivity index (χ3n) is 4.61. The first-order valence-electron chi connectivity index (χ1n) is 9.75. The summed E-state index contributed by atoms with van der Waals surface area (Å²) in [7, 11) is 0. The van der Waals surface area contributed by atoms with Crippen LogP contribution < -0.4 is 10.6 Å². The largest absolute Gasteiger partial charge is 0.459 e. The number of ether oxygens (including phenoxy) is 1. The van der Waals surface area contributed by atoms with Crippen molar-refractivity contribution in [3.8, 4) is 0 Å². The number of hydrogen-bond donors (Lipinski definition) is 2. The molecule has 0 fully saturated rings. The molecule has 0 radical (unpaired) electrons. The number of carbonyl (C=O) groups excluding carboxylic acids is 2. The van der Waals surface area contributed by atoms with Gasteiger partial charge >= 0.3 is 12.0 Å². The van der Waals surface area contributed by atoms with Gasteiger partial charge in [-0.2, -0.15) is 0 Å². The lowest BCUT2D eigenvalue weighted by molar-refractivity contribution is -0.143. The summed E-state index contributed by atoms with van der Waals surface area (Å²) in [6, 6.07) is 7.28. The maximum atomic E-state index is 12.8. The van der Waals surface area contributed by atoms with E-state index in [9.17, 15) is 9.59 Å². The Morgan fingerprint density at radius 1 is 1.19 bits per heavy atom. The van der Waals surface area contributed by atoms with Gasteiger partial charge in [-0.05, 0) is 43.2 Å². The summed E-state index contributed by atoms with van der Waals surface area (Å²) in [5.74, 6) is -0.381. The summed E-state index contributed by atoms with van der Waals surface area (Å²) < 4.78 is 5.48. The van der Waals surface area contributed by atoms with E-state index >= 15 is 0 Å². The van der Waals surface area contributed by atoms with Crippen molar-refractivity contribution >= 4 is 12.0 Å². The van der Waals surface area contributed by atoms with Crippen molar-refractivity contribution < 1.29 is 14.3 Å². The molecule has 2 N–H and O–H groups in total. The van der Waals surface area contributed by atoms with Gasteiger partial charge in [0.25, 0.3) is 0 Å². The van der Waals surface area contributed by atoms with Crippen LogP contribution >= 0.6 is 0 Å². The Morgan fingerprint density at radius 2 is 1.81 bits per heavy atom. The Kier molecular flexibility index (Phi) is 6.68. The lowest BCUT2D eigenvalue weighted by Crippen LogP contribution is -2.46. The van der Waals surface area contributed by atoms with Gasteiger partial charge < -0.3 is 15.4 Å². The van der Waals surface area contributed by atoms with Crippen LogP contribution in [0.2, 0.25) is 0 Å². The third-order valence-corrected chi connectivity index (χ3v) is 4.61. The van der Waals surface area contributed by atoms with Gasteiger partial charge in [-0.1, -0.05) is 58.4 Å². The first-order valence-corrected chi connectivity index (χ1v) is 9.75. The first-order chi connectivity index (χ1) is 12.6. The molecule has 1 aromatic carbocycles. The highest BCUT2D eigenvalue weighted by Crippen LogP contribution is 2.31. The summed E-state index contributed by atoms with van der Waals surface area (Å²) in [4.78, 5) is 25.1. The minimum absolute atomic E-state index is 0.0391. The van der Waals surface area contributed by atoms with Crippen LogP contribution in [0.15, 0.2) is 35.5 Å². The standard InChI is InChI=1S/C22H32N2O3/c1-7-8-9-17-18(20(25)27-14(2)3)19(24-21(26)23-17)15-10-12-16(13-11-15)22(4,5)6/h10-14,19H,7-9H2,1-6H3,(H2,23,24,26). The van der Waals surface area contributed by atoms with Gasteiger partial charge in [-0.3, -0.25) is 0 Å². The predicted molar refractivity (Wildman–Crippen MR) is 107 cm³/mol. The van der Waals surface area contributed by atoms with Crippen molar-refractivity contribution in [2.45, 2.75) is 78.4 Å². The van der Waals surface area contributed by atoms with Crippen LogP contribution in [-0.2, 0) is 14.9 Å². The molecule has 1 heterocycles. The third kappa shape index (κ3) is 5.34. The van der Waals surface area contributed by atoms with Gasteiger partial charge in [0.05, 0.1) is 17.7 Å². The number of urea groups is 1. The van der Waals surface area contributed by atoms with E-state index in [0.29, 0.717) is 17.7 Å². The van der Waals surface area contributed by atoms with Gasteiger partial charge in [-0.15, -0.1) is 0 Å². The highest BCUT2D eigenvalue weighted by molar-refractivity contribution is 5.95. The van der Waals surface area contributed by atoms with E-state index in [1.54, 1.807) is 0 Å². The molecular formula is C22H32N2O3. The monoisotopic (exact) mass is 372 g/mol. The molecule has 27 heavy (non-hydrogen) atoms. The molecule has 1 aliphatic rings. The lowest BCUT2D eigenvalue weighted by atomic mass is 9.85. The highest BCUT2D eigenvalue weighted by Gasteiger charge is 2.34. The number of hydrogen-bond acceptors (Lipinski definition) is 3. The highest BCUT2D eigenvalue weighted by atomic mass is 16.5. The van der Waals surface area contributed by atoms with Crippen molar-refractivity contribution in [3.63, 3.8) is 0 Å². The molecule has 1 aromatic rings. The zero-order valence-corrected chi connectivity index (χ0v) is 17.3. The van der Waals surface area contributed by atoms with Crippen LogP contribution in [-0.4, -0.2) is 18.1 Å². The second kappa shape index (κ2) is 8.59. The summed E-state index contributed by atoms with van der Waals surface area (Å²) in [5, 5.41) is 5.71. The normalized spacial score (nSPS) is 17.6. The second-order valence-electron chi connectivity index (χ2n) is 8.35. The predicted octanol–water partition coefficient (Wildman–Crippen LogP) is 4.73. The van der Waals surface area contributed by atoms with E-state index in [1.807, 2.05) is 26.0 Å². The molecule has 0 aromatic heterocycles. The molecular weight excluding hydrogens is 340 g/mol. The van der Waals surface area contributed by atoms with E-state index < -0.39 is 6.04 Å². The quantitative estimate of drug-likeness (QED) is 0.709. The fraction of sp³-hybridized carbons (Fsp3) is 0.545. The summed E-state index contributed by atoms with van der Waals surface area (Å²) in [6.07, 6.45) is 2.29. The summed E-state index contributed by atoms with van der Waals surface area (Å²) in [6.45, 7) is 12.2. The van der Waals surface area contributed by atoms with Crippen LogP contribution in [0, 0.1) is 0 Å². The molecule has 1 atom stereocenters. The molecule has 0 aliphatic carbocycles. The summed E-state index contributed by atoms with van der Waals surface area (Å²) >= 11 is 0. The SMILES string of the molecule is CCCCC1=C(C(=O)OC(C)C)C(c2ccc(C(C)(C)C)cc2)NC(=O)N1. The van der Waals surface area contributed by atoms with Crippen LogP contribution in [0.3, 0.4) is 0 Å². The molecule has 2 amide bonds. The van der Waals surface area contributed by atoms with Crippen molar-refractivity contribution in [2.75, 3.05) is 0 Å². The lowest BCUT2D eigenvalue weighted by Gasteiger charge is -2.30. The van der Waals surface area contributed by atoms with Gasteiger partial charge in [0, 0.05) is 5.70 Å². The molecule has 148 valence electrons. The number of amides is 2. The molecule has 1 unspecified atom stereocenters. The number of unbranched alkanes of at least 4 members (excludes halogenated alkanes) is 1. The van der Waals surface area contributed by atoms with Crippen LogP contribution in [0.5, 0.6) is 0 Å². The average molecular weight is 373 g/mol. The fourth-order valence-corrected chi connectivity index (χ4v) is 3.11. The zero-order chi connectivity index (χ0) is 20.2. The maximum absolute atomic E-state index is 12.8. The number of esters is 1. The molecule has 5 nitrogen and oxygen atoms in total. The number of nitrogens with one attached hydrogen (secondary N) is 2. The Labute approximate surface area is 162 Å². The Bertz CT molecular complexity index is 712. The van der Waals surface area contributed by atoms with E-state index in [-0.39, 0.29) is 23.5 Å². The Balaban J connectivity index is 2.46. The molecule has 0 spiro atoms. The smallest absolute Gasteiger partial charge is 0.338 e. The minimum Gasteiger partial charge on any atom is -0.459 e. The van der Waals surface area contributed by atoms with Gasteiger partial charge in [0.1, 0.15) is 0 Å². The van der Waals surface area contributed by atoms with E-state index in [2.05, 4.69) is 50.5 Å². The topological polar surface area (TPSA) is 67.4 Å². The van der Waals surface area contributed by atoms with Gasteiger partial charge in [0.15, 0.2) is 0 Å². The van der Waals surface area contributed by atoms with Crippen LogP contribution in [0.25, 0.3) is 0 Å². The van der Waals surface area contributed by atoms with E-state index in [1.165, 1.54) is 5.56 Å². The second-order valence-corrected chi connectivity index (χ2v) is 8.35. The first kappa shape index (κ1) is 21.0. The maximum Gasteiger partial charge on any atom is 0.338 e. The van der Waals surface area contributed by atoms with Crippen molar-refractivity contribution in [1.29, 1.82) is 0 Å².